The van der Waals surface area contributed by atoms with E-state index in [4.69, 9.17) is 0 Å². The zero-order valence-corrected chi connectivity index (χ0v) is 12.2. The van der Waals surface area contributed by atoms with Gasteiger partial charge in [0.05, 0.1) is 5.56 Å². The Morgan fingerprint density at radius 2 is 2.20 bits per heavy atom. The van der Waals surface area contributed by atoms with Crippen LogP contribution in [0.1, 0.15) is 23.7 Å². The molecule has 2 rings (SSSR count). The summed E-state index contributed by atoms with van der Waals surface area (Å²) in [7, 11) is 0. The first-order valence-corrected chi connectivity index (χ1v) is 6.83. The molecule has 1 N–H and O–H groups in total. The van der Waals surface area contributed by atoms with Crippen LogP contribution in [0.25, 0.3) is 0 Å². The first-order chi connectivity index (χ1) is 9.43. The fourth-order valence-corrected chi connectivity index (χ4v) is 2.52. The zero-order valence-electron chi connectivity index (χ0n) is 10.7. The summed E-state index contributed by atoms with van der Waals surface area (Å²) in [6, 6.07) is 2.98. The lowest BCUT2D eigenvalue weighted by Gasteiger charge is -2.33. The van der Waals surface area contributed by atoms with Crippen LogP contribution < -0.4 is 5.32 Å². The Labute approximate surface area is 123 Å². The summed E-state index contributed by atoms with van der Waals surface area (Å²) in [4.78, 5) is 36.7. The van der Waals surface area contributed by atoms with E-state index in [-0.39, 0.29) is 12.1 Å². The maximum atomic E-state index is 13.3. The highest BCUT2D eigenvalue weighted by atomic mass is 79.9. The molecule has 3 amide bonds. The van der Waals surface area contributed by atoms with Crippen LogP contribution in [0.3, 0.4) is 0 Å². The molecule has 0 bridgehead atoms. The zero-order chi connectivity index (χ0) is 14.9. The van der Waals surface area contributed by atoms with Gasteiger partial charge in [-0.2, -0.15) is 0 Å². The average molecular weight is 343 g/mol. The molecule has 1 fully saturated rings. The number of hydrogen-bond donors (Lipinski definition) is 1. The van der Waals surface area contributed by atoms with Crippen LogP contribution in [-0.2, 0) is 9.59 Å². The molecule has 1 aliphatic heterocycles. The monoisotopic (exact) mass is 342 g/mol. The van der Waals surface area contributed by atoms with Gasteiger partial charge in [-0.05, 0) is 40.5 Å². The van der Waals surface area contributed by atoms with Crippen molar-refractivity contribution in [3.63, 3.8) is 0 Å². The summed E-state index contributed by atoms with van der Waals surface area (Å²) in [5.74, 6) is -2.16. The number of benzene rings is 1. The summed E-state index contributed by atoms with van der Waals surface area (Å²) in [6.07, 6.45) is 0.373. The summed E-state index contributed by atoms with van der Waals surface area (Å²) in [5.41, 5.74) is 0.0888. The number of halogens is 2. The van der Waals surface area contributed by atoms with Crippen molar-refractivity contribution < 1.29 is 18.8 Å². The Morgan fingerprint density at radius 3 is 2.85 bits per heavy atom. The van der Waals surface area contributed by atoms with E-state index < -0.39 is 29.6 Å². The fraction of sp³-hybridized carbons (Fsp3) is 0.308. The molecule has 0 radical (unpaired) electrons. The molecule has 1 heterocycles. The molecule has 5 nitrogen and oxygen atoms in total. The quantitative estimate of drug-likeness (QED) is 0.827. The standard InChI is InChI=1S/C13H12BrFN2O3/c1-2-10-12(19)16-11(18)6-17(10)13(20)8-5-7(15)3-4-9(8)14/h3-5,10H,2,6H2,1H3,(H,16,18,19). The van der Waals surface area contributed by atoms with Crippen molar-refractivity contribution in [2.75, 3.05) is 6.54 Å². The predicted octanol–water partition coefficient (Wildman–Crippen LogP) is 1.47. The van der Waals surface area contributed by atoms with Gasteiger partial charge in [-0.3, -0.25) is 19.7 Å². The Kier molecular flexibility index (Phi) is 4.17. The molecule has 1 aromatic rings. The second-order valence-corrected chi connectivity index (χ2v) is 5.25. The maximum Gasteiger partial charge on any atom is 0.256 e. The van der Waals surface area contributed by atoms with E-state index in [1.165, 1.54) is 17.0 Å². The molecule has 1 saturated heterocycles. The number of nitrogens with one attached hydrogen (secondary N) is 1. The molecule has 0 aromatic heterocycles. The highest BCUT2D eigenvalue weighted by Gasteiger charge is 2.36. The molecule has 1 unspecified atom stereocenters. The van der Waals surface area contributed by atoms with Gasteiger partial charge >= 0.3 is 0 Å². The van der Waals surface area contributed by atoms with E-state index in [0.29, 0.717) is 10.9 Å². The van der Waals surface area contributed by atoms with Crippen molar-refractivity contribution in [3.05, 3.63) is 34.1 Å². The van der Waals surface area contributed by atoms with Crippen molar-refractivity contribution in [2.24, 2.45) is 0 Å². The first kappa shape index (κ1) is 14.6. The van der Waals surface area contributed by atoms with Gasteiger partial charge in [0.1, 0.15) is 18.4 Å². The number of carbonyl (C=O) groups excluding carboxylic acids is 3. The van der Waals surface area contributed by atoms with Gasteiger partial charge in [0.15, 0.2) is 0 Å². The number of carbonyl (C=O) groups is 3. The average Bonchev–Trinajstić information content (AvgIpc) is 2.40. The topological polar surface area (TPSA) is 66.5 Å². The van der Waals surface area contributed by atoms with E-state index in [0.717, 1.165) is 6.07 Å². The molecular formula is C13H12BrFN2O3. The van der Waals surface area contributed by atoms with Crippen LogP contribution >= 0.6 is 15.9 Å². The highest BCUT2D eigenvalue weighted by Crippen LogP contribution is 2.22. The molecule has 1 atom stereocenters. The second-order valence-electron chi connectivity index (χ2n) is 4.39. The van der Waals surface area contributed by atoms with Crippen molar-refractivity contribution in [2.45, 2.75) is 19.4 Å². The number of rotatable bonds is 2. The van der Waals surface area contributed by atoms with Crippen molar-refractivity contribution >= 4 is 33.7 Å². The largest absolute Gasteiger partial charge is 0.317 e. The number of piperazine rings is 1. The second kappa shape index (κ2) is 5.70. The number of imide groups is 1. The van der Waals surface area contributed by atoms with Gasteiger partial charge in [-0.15, -0.1) is 0 Å². The highest BCUT2D eigenvalue weighted by molar-refractivity contribution is 9.10. The summed E-state index contributed by atoms with van der Waals surface area (Å²) in [5, 5.41) is 2.19. The third kappa shape index (κ3) is 2.72. The van der Waals surface area contributed by atoms with E-state index in [9.17, 15) is 18.8 Å². The summed E-state index contributed by atoms with van der Waals surface area (Å²) in [6.45, 7) is 1.52. The molecule has 20 heavy (non-hydrogen) atoms. The molecule has 0 aliphatic carbocycles. The van der Waals surface area contributed by atoms with Gasteiger partial charge in [-0.1, -0.05) is 6.92 Å². The maximum absolute atomic E-state index is 13.3. The minimum atomic E-state index is -0.727. The van der Waals surface area contributed by atoms with Crippen LogP contribution in [0.4, 0.5) is 4.39 Å². The van der Waals surface area contributed by atoms with Gasteiger partial charge < -0.3 is 4.90 Å². The Bertz CT molecular complexity index is 591. The van der Waals surface area contributed by atoms with E-state index in [2.05, 4.69) is 21.2 Å². The summed E-state index contributed by atoms with van der Waals surface area (Å²) >= 11 is 3.17. The molecule has 106 valence electrons. The van der Waals surface area contributed by atoms with Gasteiger partial charge in [0.25, 0.3) is 5.91 Å². The smallest absolute Gasteiger partial charge is 0.256 e. The van der Waals surface area contributed by atoms with Crippen molar-refractivity contribution in [1.29, 1.82) is 0 Å². The molecule has 7 heteroatoms. The van der Waals surface area contributed by atoms with E-state index in [1.807, 2.05) is 0 Å². The number of hydrogen-bond acceptors (Lipinski definition) is 3. The van der Waals surface area contributed by atoms with Crippen LogP contribution in [0, 0.1) is 5.82 Å². The Hall–Kier alpha value is -1.76. The van der Waals surface area contributed by atoms with Crippen LogP contribution in [0.15, 0.2) is 22.7 Å². The fourth-order valence-electron chi connectivity index (χ4n) is 2.10. The number of nitrogens with zero attached hydrogens (tertiary/aromatic N) is 1. The van der Waals surface area contributed by atoms with Gasteiger partial charge in [0.2, 0.25) is 11.8 Å². The van der Waals surface area contributed by atoms with Crippen molar-refractivity contribution in [1.82, 2.24) is 10.2 Å². The lowest BCUT2D eigenvalue weighted by Crippen LogP contribution is -2.59. The van der Waals surface area contributed by atoms with Crippen LogP contribution in [-0.4, -0.2) is 35.2 Å². The molecule has 0 saturated carbocycles. The Balaban J connectivity index is 2.37. The summed E-state index contributed by atoms with van der Waals surface area (Å²) < 4.78 is 13.7. The normalized spacial score (nSPS) is 18.9. The molecular weight excluding hydrogens is 331 g/mol. The van der Waals surface area contributed by atoms with Gasteiger partial charge in [-0.25, -0.2) is 4.39 Å². The van der Waals surface area contributed by atoms with E-state index in [1.54, 1.807) is 6.92 Å². The van der Waals surface area contributed by atoms with E-state index >= 15 is 0 Å². The Morgan fingerprint density at radius 1 is 1.50 bits per heavy atom. The molecule has 1 aromatic carbocycles. The third-order valence-corrected chi connectivity index (χ3v) is 3.75. The van der Waals surface area contributed by atoms with Crippen molar-refractivity contribution in [3.8, 4) is 0 Å². The molecule has 1 aliphatic rings. The van der Waals surface area contributed by atoms with Crippen LogP contribution in [0.5, 0.6) is 0 Å². The SMILES string of the molecule is CCC1C(=O)NC(=O)CN1C(=O)c1cc(F)ccc1Br. The minimum absolute atomic E-state index is 0.0888. The predicted molar refractivity (Wildman–Crippen MR) is 72.4 cm³/mol. The number of amides is 3. The lowest BCUT2D eigenvalue weighted by atomic mass is 10.1. The van der Waals surface area contributed by atoms with Crippen LogP contribution in [0.2, 0.25) is 0 Å². The molecule has 0 spiro atoms. The minimum Gasteiger partial charge on any atom is -0.317 e. The van der Waals surface area contributed by atoms with Gasteiger partial charge in [0, 0.05) is 4.47 Å². The first-order valence-electron chi connectivity index (χ1n) is 6.03. The lowest BCUT2D eigenvalue weighted by molar-refractivity contribution is -0.138. The third-order valence-electron chi connectivity index (χ3n) is 3.06.